The molecule has 0 N–H and O–H groups in total. The number of sulfonamides is 1. The number of carbonyl (C=O) groups is 1. The van der Waals surface area contributed by atoms with Crippen LogP contribution in [0, 0.1) is 0 Å². The molecule has 0 bridgehead atoms. The molecular formula is C28H33NO4S. The van der Waals surface area contributed by atoms with Crippen molar-refractivity contribution in [3.8, 4) is 5.75 Å². The van der Waals surface area contributed by atoms with Gasteiger partial charge in [-0.15, -0.1) is 0 Å². The summed E-state index contributed by atoms with van der Waals surface area (Å²) in [4.78, 5) is 13.3. The van der Waals surface area contributed by atoms with E-state index >= 15 is 0 Å². The van der Waals surface area contributed by atoms with Gasteiger partial charge in [0.2, 0.25) is 5.91 Å². The molecule has 0 saturated carbocycles. The van der Waals surface area contributed by atoms with Crippen molar-refractivity contribution in [2.45, 2.75) is 57.3 Å². The Balaban J connectivity index is 1.71. The molecule has 0 aromatic heterocycles. The van der Waals surface area contributed by atoms with Gasteiger partial charge in [0.05, 0.1) is 17.2 Å². The maximum Gasteiger partial charge on any atom is 0.270 e. The largest absolute Gasteiger partial charge is 0.494 e. The molecule has 0 radical (unpaired) electrons. The molecule has 34 heavy (non-hydrogen) atoms. The Morgan fingerprint density at radius 1 is 0.882 bits per heavy atom. The summed E-state index contributed by atoms with van der Waals surface area (Å²) in [6.07, 6.45) is 1.27. The lowest BCUT2D eigenvalue weighted by molar-refractivity contribution is -0.117. The quantitative estimate of drug-likeness (QED) is 0.347. The molecule has 3 aromatic rings. The smallest absolute Gasteiger partial charge is 0.270 e. The molecule has 1 amide bonds. The van der Waals surface area contributed by atoms with Crippen LogP contribution in [-0.4, -0.2) is 20.9 Å². The van der Waals surface area contributed by atoms with E-state index in [1.54, 1.807) is 30.3 Å². The standard InChI is InChI=1S/C28H33NO4S/c1-5-22-13-17-24(18-14-22)29(34(31,32)26-10-7-6-8-11-26)27(30)12-9-21-33-25-19-15-23(16-20-25)28(2,3)4/h6-8,10-11,13-20H,5,9,12,21H2,1-4H3. The molecular weight excluding hydrogens is 446 g/mol. The van der Waals surface area contributed by atoms with E-state index in [2.05, 4.69) is 20.8 Å². The summed E-state index contributed by atoms with van der Waals surface area (Å²) < 4.78 is 33.4. The van der Waals surface area contributed by atoms with Gasteiger partial charge in [0.15, 0.2) is 0 Å². The van der Waals surface area contributed by atoms with Crippen LogP contribution in [-0.2, 0) is 26.7 Å². The zero-order chi connectivity index (χ0) is 24.8. The van der Waals surface area contributed by atoms with Crippen molar-refractivity contribution in [3.05, 3.63) is 90.0 Å². The first-order chi connectivity index (χ1) is 16.1. The van der Waals surface area contributed by atoms with Crippen molar-refractivity contribution < 1.29 is 17.9 Å². The van der Waals surface area contributed by atoms with Crippen LogP contribution in [0.2, 0.25) is 0 Å². The van der Waals surface area contributed by atoms with Crippen LogP contribution >= 0.6 is 0 Å². The van der Waals surface area contributed by atoms with Crippen LogP contribution in [0.5, 0.6) is 5.75 Å². The zero-order valence-corrected chi connectivity index (χ0v) is 21.1. The Kier molecular flexibility index (Phi) is 8.15. The number of hydrogen-bond donors (Lipinski definition) is 0. The molecule has 0 heterocycles. The van der Waals surface area contributed by atoms with Crippen molar-refractivity contribution in [2.75, 3.05) is 10.9 Å². The molecule has 0 fully saturated rings. The predicted octanol–water partition coefficient (Wildman–Crippen LogP) is 6.13. The number of benzene rings is 3. The molecule has 6 heteroatoms. The highest BCUT2D eigenvalue weighted by molar-refractivity contribution is 7.93. The second-order valence-corrected chi connectivity index (χ2v) is 11.0. The number of anilines is 1. The Morgan fingerprint density at radius 3 is 2.06 bits per heavy atom. The number of ether oxygens (including phenoxy) is 1. The first kappa shape index (κ1) is 25.5. The highest BCUT2D eigenvalue weighted by Gasteiger charge is 2.30. The second kappa shape index (κ2) is 10.9. The Bertz CT molecular complexity index is 1180. The van der Waals surface area contributed by atoms with Crippen molar-refractivity contribution in [1.82, 2.24) is 0 Å². The van der Waals surface area contributed by atoms with Crippen molar-refractivity contribution >= 4 is 21.6 Å². The van der Waals surface area contributed by atoms with Gasteiger partial charge in [-0.1, -0.05) is 70.2 Å². The van der Waals surface area contributed by atoms with Gasteiger partial charge in [-0.05, 0) is 65.8 Å². The Morgan fingerprint density at radius 2 is 1.50 bits per heavy atom. The lowest BCUT2D eigenvalue weighted by atomic mass is 9.87. The number of nitrogens with zero attached hydrogens (tertiary/aromatic N) is 1. The molecule has 3 aromatic carbocycles. The zero-order valence-electron chi connectivity index (χ0n) is 20.3. The lowest BCUT2D eigenvalue weighted by Gasteiger charge is -2.23. The van der Waals surface area contributed by atoms with Crippen LogP contribution in [0.3, 0.4) is 0 Å². The fourth-order valence-corrected chi connectivity index (χ4v) is 5.02. The van der Waals surface area contributed by atoms with Crippen LogP contribution in [0.1, 0.15) is 51.7 Å². The van der Waals surface area contributed by atoms with Gasteiger partial charge < -0.3 is 4.74 Å². The third-order valence-electron chi connectivity index (χ3n) is 5.61. The number of carbonyl (C=O) groups excluding carboxylic acids is 1. The molecule has 3 rings (SSSR count). The van der Waals surface area contributed by atoms with Gasteiger partial charge in [0, 0.05) is 6.42 Å². The first-order valence-electron chi connectivity index (χ1n) is 11.6. The Hall–Kier alpha value is -3.12. The predicted molar refractivity (Wildman–Crippen MR) is 137 cm³/mol. The molecule has 0 aliphatic heterocycles. The summed E-state index contributed by atoms with van der Waals surface area (Å²) in [6, 6.07) is 23.0. The average molecular weight is 480 g/mol. The van der Waals surface area contributed by atoms with E-state index in [1.165, 1.54) is 17.7 Å². The van der Waals surface area contributed by atoms with Crippen LogP contribution in [0.4, 0.5) is 5.69 Å². The van der Waals surface area contributed by atoms with Crippen molar-refractivity contribution in [1.29, 1.82) is 0 Å². The maximum atomic E-state index is 13.4. The molecule has 0 spiro atoms. The monoisotopic (exact) mass is 479 g/mol. The van der Waals surface area contributed by atoms with E-state index in [-0.39, 0.29) is 16.7 Å². The molecule has 0 aliphatic carbocycles. The summed E-state index contributed by atoms with van der Waals surface area (Å²) in [6.45, 7) is 8.79. The fraction of sp³-hybridized carbons (Fsp3) is 0.321. The summed E-state index contributed by atoms with van der Waals surface area (Å²) >= 11 is 0. The summed E-state index contributed by atoms with van der Waals surface area (Å²) in [5, 5.41) is 0. The summed E-state index contributed by atoms with van der Waals surface area (Å²) in [5.41, 5.74) is 2.68. The fourth-order valence-electron chi connectivity index (χ4n) is 3.55. The van der Waals surface area contributed by atoms with E-state index < -0.39 is 15.9 Å². The van der Waals surface area contributed by atoms with Crippen molar-refractivity contribution in [2.24, 2.45) is 0 Å². The molecule has 0 atom stereocenters. The van der Waals surface area contributed by atoms with Gasteiger partial charge in [0.25, 0.3) is 10.0 Å². The van der Waals surface area contributed by atoms with Crippen LogP contribution in [0.15, 0.2) is 83.8 Å². The van der Waals surface area contributed by atoms with E-state index in [4.69, 9.17) is 4.74 Å². The second-order valence-electron chi connectivity index (χ2n) is 9.22. The number of aryl methyl sites for hydroxylation is 1. The minimum absolute atomic E-state index is 0.0433. The minimum atomic E-state index is -4.04. The number of amides is 1. The van der Waals surface area contributed by atoms with E-state index in [0.717, 1.165) is 22.0 Å². The highest BCUT2D eigenvalue weighted by atomic mass is 32.2. The minimum Gasteiger partial charge on any atom is -0.494 e. The lowest BCUT2D eigenvalue weighted by Crippen LogP contribution is -2.37. The number of hydrogen-bond acceptors (Lipinski definition) is 4. The van der Waals surface area contributed by atoms with Crippen LogP contribution in [0.25, 0.3) is 0 Å². The third kappa shape index (κ3) is 6.26. The molecule has 0 saturated heterocycles. The number of rotatable bonds is 9. The third-order valence-corrected chi connectivity index (χ3v) is 7.37. The Labute approximate surface area is 203 Å². The van der Waals surface area contributed by atoms with E-state index in [1.807, 2.05) is 43.3 Å². The summed E-state index contributed by atoms with van der Waals surface area (Å²) in [5.74, 6) is 0.240. The van der Waals surface area contributed by atoms with E-state index in [0.29, 0.717) is 18.7 Å². The van der Waals surface area contributed by atoms with Gasteiger partial charge in [0.1, 0.15) is 5.75 Å². The van der Waals surface area contributed by atoms with Gasteiger partial charge in [-0.25, -0.2) is 12.7 Å². The van der Waals surface area contributed by atoms with Crippen molar-refractivity contribution in [3.63, 3.8) is 0 Å². The average Bonchev–Trinajstić information content (AvgIpc) is 2.82. The van der Waals surface area contributed by atoms with Gasteiger partial charge in [-0.3, -0.25) is 4.79 Å². The molecule has 180 valence electrons. The highest BCUT2D eigenvalue weighted by Crippen LogP contribution is 2.26. The first-order valence-corrected chi connectivity index (χ1v) is 13.0. The molecule has 0 unspecified atom stereocenters. The van der Waals surface area contributed by atoms with E-state index in [9.17, 15) is 13.2 Å². The van der Waals surface area contributed by atoms with Crippen LogP contribution < -0.4 is 9.04 Å². The van der Waals surface area contributed by atoms with Gasteiger partial charge in [-0.2, -0.15) is 0 Å². The maximum absolute atomic E-state index is 13.4. The normalized spacial score (nSPS) is 11.8. The van der Waals surface area contributed by atoms with Gasteiger partial charge >= 0.3 is 0 Å². The summed E-state index contributed by atoms with van der Waals surface area (Å²) in [7, 11) is -4.04. The molecule has 0 aliphatic rings. The molecule has 5 nitrogen and oxygen atoms in total. The SMILES string of the molecule is CCc1ccc(N(C(=O)CCCOc2ccc(C(C)(C)C)cc2)S(=O)(=O)c2ccccc2)cc1. The topological polar surface area (TPSA) is 63.7 Å².